The van der Waals surface area contributed by atoms with Crippen LogP contribution in [0.3, 0.4) is 0 Å². The number of benzene rings is 2. The summed E-state index contributed by atoms with van der Waals surface area (Å²) in [6, 6.07) is 14.6. The van der Waals surface area contributed by atoms with Crippen molar-refractivity contribution in [3.63, 3.8) is 0 Å². The zero-order valence-electron chi connectivity index (χ0n) is 12.5. The molecule has 0 amide bonds. The molecule has 0 atom stereocenters. The van der Waals surface area contributed by atoms with Crippen LogP contribution in [0, 0.1) is 0 Å². The van der Waals surface area contributed by atoms with E-state index in [1.807, 2.05) is 50.2 Å². The lowest BCUT2D eigenvalue weighted by atomic mass is 10.0. The first-order valence-electron chi connectivity index (χ1n) is 7.26. The van der Waals surface area contributed by atoms with Gasteiger partial charge in [0.05, 0.1) is 24.3 Å². The molecule has 0 bridgehead atoms. The van der Waals surface area contributed by atoms with E-state index < -0.39 is 0 Å². The maximum absolute atomic E-state index is 12.8. The van der Waals surface area contributed by atoms with E-state index >= 15 is 0 Å². The Bertz CT molecular complexity index is 605. The maximum atomic E-state index is 12.8. The van der Waals surface area contributed by atoms with Gasteiger partial charge in [0.2, 0.25) is 0 Å². The Hall–Kier alpha value is -2.29. The zero-order chi connectivity index (χ0) is 15.1. The van der Waals surface area contributed by atoms with Crippen molar-refractivity contribution in [3.8, 4) is 11.5 Å². The molecular formula is C18H20O3. The average molecular weight is 284 g/mol. The number of para-hydroxylation sites is 2. The lowest BCUT2D eigenvalue weighted by Crippen LogP contribution is -2.08. The van der Waals surface area contributed by atoms with E-state index in [9.17, 15) is 4.79 Å². The van der Waals surface area contributed by atoms with E-state index in [1.165, 1.54) is 0 Å². The fraction of sp³-hybridized carbons (Fsp3) is 0.278. The van der Waals surface area contributed by atoms with Crippen molar-refractivity contribution in [2.75, 3.05) is 13.2 Å². The van der Waals surface area contributed by atoms with Gasteiger partial charge in [-0.3, -0.25) is 4.79 Å². The molecule has 0 unspecified atom stereocenters. The first kappa shape index (κ1) is 15.1. The Morgan fingerprint density at radius 2 is 1.38 bits per heavy atom. The molecule has 0 aliphatic rings. The number of carbonyl (C=O) groups is 1. The van der Waals surface area contributed by atoms with Gasteiger partial charge < -0.3 is 9.47 Å². The van der Waals surface area contributed by atoms with E-state index in [0.29, 0.717) is 35.8 Å². The van der Waals surface area contributed by atoms with Gasteiger partial charge in [-0.1, -0.05) is 31.2 Å². The van der Waals surface area contributed by atoms with E-state index in [2.05, 4.69) is 0 Å². The second-order valence-electron chi connectivity index (χ2n) is 4.60. The molecule has 0 fully saturated rings. The van der Waals surface area contributed by atoms with Gasteiger partial charge in [0.15, 0.2) is 5.78 Å². The molecule has 21 heavy (non-hydrogen) atoms. The molecule has 0 N–H and O–H groups in total. The highest BCUT2D eigenvalue weighted by Gasteiger charge is 2.17. The van der Waals surface area contributed by atoms with Crippen molar-refractivity contribution in [1.82, 2.24) is 0 Å². The molecule has 3 nitrogen and oxygen atoms in total. The van der Waals surface area contributed by atoms with Gasteiger partial charge in [0.1, 0.15) is 11.5 Å². The number of hydrogen-bond donors (Lipinski definition) is 0. The molecule has 0 aliphatic carbocycles. The first-order chi connectivity index (χ1) is 10.3. The Kier molecular flexibility index (Phi) is 5.38. The van der Waals surface area contributed by atoms with Crippen LogP contribution in [0.1, 0.15) is 36.2 Å². The van der Waals surface area contributed by atoms with Gasteiger partial charge in [-0.25, -0.2) is 0 Å². The molecule has 0 aromatic heterocycles. The smallest absolute Gasteiger partial charge is 0.200 e. The van der Waals surface area contributed by atoms with Crippen LogP contribution < -0.4 is 9.47 Å². The number of ether oxygens (including phenoxy) is 2. The number of ketones is 1. The molecule has 0 saturated carbocycles. The maximum Gasteiger partial charge on any atom is 0.200 e. The van der Waals surface area contributed by atoms with Crippen LogP contribution in [-0.2, 0) is 0 Å². The lowest BCUT2D eigenvalue weighted by molar-refractivity contribution is 0.103. The third-order valence-electron chi connectivity index (χ3n) is 3.02. The summed E-state index contributed by atoms with van der Waals surface area (Å²) in [7, 11) is 0. The molecule has 0 heterocycles. The predicted octanol–water partition coefficient (Wildman–Crippen LogP) is 4.11. The van der Waals surface area contributed by atoms with Gasteiger partial charge in [-0.2, -0.15) is 0 Å². The normalized spacial score (nSPS) is 10.2. The van der Waals surface area contributed by atoms with E-state index in [-0.39, 0.29) is 5.78 Å². The SMILES string of the molecule is CCCOc1ccccc1C(=O)c1ccccc1OCC. The Balaban J connectivity index is 2.36. The second-order valence-corrected chi connectivity index (χ2v) is 4.60. The topological polar surface area (TPSA) is 35.5 Å². The van der Waals surface area contributed by atoms with Gasteiger partial charge in [0.25, 0.3) is 0 Å². The van der Waals surface area contributed by atoms with Crippen LogP contribution in [0.15, 0.2) is 48.5 Å². The Morgan fingerprint density at radius 1 is 0.857 bits per heavy atom. The monoisotopic (exact) mass is 284 g/mol. The molecule has 0 spiro atoms. The minimum Gasteiger partial charge on any atom is -0.493 e. The largest absolute Gasteiger partial charge is 0.493 e. The molecule has 2 aromatic rings. The fourth-order valence-electron chi connectivity index (χ4n) is 2.07. The van der Waals surface area contributed by atoms with Crippen molar-refractivity contribution in [1.29, 1.82) is 0 Å². The third kappa shape index (κ3) is 3.63. The molecule has 0 radical (unpaired) electrons. The van der Waals surface area contributed by atoms with Crippen LogP contribution in [0.2, 0.25) is 0 Å². The first-order valence-corrected chi connectivity index (χ1v) is 7.26. The van der Waals surface area contributed by atoms with Crippen molar-refractivity contribution >= 4 is 5.78 Å². The average Bonchev–Trinajstić information content (AvgIpc) is 2.53. The molecule has 3 heteroatoms. The second kappa shape index (κ2) is 7.48. The summed E-state index contributed by atoms with van der Waals surface area (Å²) in [4.78, 5) is 12.8. The summed E-state index contributed by atoms with van der Waals surface area (Å²) in [6.07, 6.45) is 0.901. The summed E-state index contributed by atoms with van der Waals surface area (Å²) in [6.45, 7) is 5.06. The molecule has 0 aliphatic heterocycles. The number of carbonyl (C=O) groups excluding carboxylic acids is 1. The minimum atomic E-state index is -0.0780. The van der Waals surface area contributed by atoms with E-state index in [1.54, 1.807) is 12.1 Å². The van der Waals surface area contributed by atoms with Gasteiger partial charge >= 0.3 is 0 Å². The summed E-state index contributed by atoms with van der Waals surface area (Å²) in [5, 5.41) is 0. The van der Waals surface area contributed by atoms with Gasteiger partial charge in [0, 0.05) is 0 Å². The van der Waals surface area contributed by atoms with Gasteiger partial charge in [-0.05, 0) is 37.6 Å². The summed E-state index contributed by atoms with van der Waals surface area (Å²) >= 11 is 0. The Morgan fingerprint density at radius 3 is 1.90 bits per heavy atom. The standard InChI is InChI=1S/C18H20O3/c1-3-13-21-17-12-8-6-10-15(17)18(19)14-9-5-7-11-16(14)20-4-2/h5-12H,3-4,13H2,1-2H3. The van der Waals surface area contributed by atoms with E-state index in [4.69, 9.17) is 9.47 Å². The van der Waals surface area contributed by atoms with Crippen molar-refractivity contribution < 1.29 is 14.3 Å². The highest BCUT2D eigenvalue weighted by molar-refractivity contribution is 6.12. The molecule has 0 saturated heterocycles. The van der Waals surface area contributed by atoms with Gasteiger partial charge in [-0.15, -0.1) is 0 Å². The molecular weight excluding hydrogens is 264 g/mol. The minimum absolute atomic E-state index is 0.0780. The summed E-state index contributed by atoms with van der Waals surface area (Å²) in [5.74, 6) is 1.15. The quantitative estimate of drug-likeness (QED) is 0.718. The van der Waals surface area contributed by atoms with Crippen LogP contribution in [-0.4, -0.2) is 19.0 Å². The van der Waals surface area contributed by atoms with Crippen LogP contribution in [0.5, 0.6) is 11.5 Å². The van der Waals surface area contributed by atoms with Crippen molar-refractivity contribution in [2.24, 2.45) is 0 Å². The highest BCUT2D eigenvalue weighted by Crippen LogP contribution is 2.26. The Labute approximate surface area is 125 Å². The van der Waals surface area contributed by atoms with Crippen molar-refractivity contribution in [3.05, 3.63) is 59.7 Å². The summed E-state index contributed by atoms with van der Waals surface area (Å²) < 4.78 is 11.2. The van der Waals surface area contributed by atoms with Crippen LogP contribution in [0.25, 0.3) is 0 Å². The molecule has 110 valence electrons. The van der Waals surface area contributed by atoms with E-state index in [0.717, 1.165) is 6.42 Å². The van der Waals surface area contributed by atoms with Crippen LogP contribution in [0.4, 0.5) is 0 Å². The molecule has 2 aromatic carbocycles. The zero-order valence-corrected chi connectivity index (χ0v) is 12.5. The lowest BCUT2D eigenvalue weighted by Gasteiger charge is -2.12. The van der Waals surface area contributed by atoms with Crippen molar-refractivity contribution in [2.45, 2.75) is 20.3 Å². The highest BCUT2D eigenvalue weighted by atomic mass is 16.5. The molecule has 2 rings (SSSR count). The number of rotatable bonds is 7. The predicted molar refractivity (Wildman–Crippen MR) is 83.3 cm³/mol. The number of hydrogen-bond acceptors (Lipinski definition) is 3. The third-order valence-corrected chi connectivity index (χ3v) is 3.02. The fourth-order valence-corrected chi connectivity index (χ4v) is 2.07. The summed E-state index contributed by atoms with van der Waals surface area (Å²) in [5.41, 5.74) is 1.13. The van der Waals surface area contributed by atoms with Crippen LogP contribution >= 0.6 is 0 Å².